The SMILES string of the molecule is CCOS(=O)(=O)c1ccc(C)cc1OCCS(=O)c1cccc2c1C(=O)N(C1CCC(=O)NC1=O)C2=O. The van der Waals surface area contributed by atoms with E-state index < -0.39 is 50.6 Å². The second-order valence-electron chi connectivity index (χ2n) is 8.33. The number of carbonyl (C=O) groups excluding carboxylic acids is 4. The van der Waals surface area contributed by atoms with Crippen LogP contribution in [-0.4, -0.2) is 66.2 Å². The number of ether oxygens (including phenoxy) is 1. The van der Waals surface area contributed by atoms with Gasteiger partial charge < -0.3 is 4.74 Å². The van der Waals surface area contributed by atoms with E-state index in [4.69, 9.17) is 8.92 Å². The molecular weight excluding hydrogens is 524 g/mol. The molecule has 2 aliphatic rings. The average molecular weight is 549 g/mol. The highest BCUT2D eigenvalue weighted by atomic mass is 32.2. The van der Waals surface area contributed by atoms with Crippen molar-refractivity contribution in [1.82, 2.24) is 10.2 Å². The zero-order valence-electron chi connectivity index (χ0n) is 20.0. The second-order valence-corrected chi connectivity index (χ2v) is 11.5. The molecule has 2 atom stereocenters. The van der Waals surface area contributed by atoms with Crippen LogP contribution >= 0.6 is 0 Å². The van der Waals surface area contributed by atoms with Gasteiger partial charge in [-0.1, -0.05) is 12.1 Å². The summed E-state index contributed by atoms with van der Waals surface area (Å²) in [6, 6.07) is 7.70. The van der Waals surface area contributed by atoms with E-state index in [9.17, 15) is 31.8 Å². The summed E-state index contributed by atoms with van der Waals surface area (Å²) in [7, 11) is -5.85. The molecule has 1 fully saturated rings. The summed E-state index contributed by atoms with van der Waals surface area (Å²) in [5.41, 5.74) is 0.695. The van der Waals surface area contributed by atoms with Gasteiger partial charge in [0.2, 0.25) is 11.8 Å². The molecule has 2 heterocycles. The van der Waals surface area contributed by atoms with Crippen molar-refractivity contribution in [2.24, 2.45) is 0 Å². The van der Waals surface area contributed by atoms with E-state index >= 15 is 0 Å². The molecule has 2 aromatic carbocycles. The van der Waals surface area contributed by atoms with Gasteiger partial charge in [0.1, 0.15) is 23.3 Å². The van der Waals surface area contributed by atoms with Gasteiger partial charge in [-0.05, 0) is 50.1 Å². The largest absolute Gasteiger partial charge is 0.491 e. The van der Waals surface area contributed by atoms with Crippen molar-refractivity contribution in [3.05, 3.63) is 53.1 Å². The zero-order valence-corrected chi connectivity index (χ0v) is 21.6. The summed E-state index contributed by atoms with van der Waals surface area (Å²) in [4.78, 5) is 50.7. The van der Waals surface area contributed by atoms with E-state index in [1.807, 2.05) is 0 Å². The third-order valence-electron chi connectivity index (χ3n) is 5.84. The molecule has 4 amide bonds. The molecule has 0 saturated carbocycles. The number of imide groups is 2. The van der Waals surface area contributed by atoms with Gasteiger partial charge in [-0.3, -0.25) is 37.8 Å². The molecule has 196 valence electrons. The van der Waals surface area contributed by atoms with Crippen LogP contribution in [0.15, 0.2) is 46.2 Å². The van der Waals surface area contributed by atoms with E-state index in [0.29, 0.717) is 0 Å². The molecular formula is C24H24N2O9S2. The molecule has 0 spiro atoms. The minimum atomic E-state index is -4.05. The van der Waals surface area contributed by atoms with Crippen molar-refractivity contribution in [3.8, 4) is 5.75 Å². The Kier molecular flexibility index (Phi) is 7.57. The summed E-state index contributed by atoms with van der Waals surface area (Å²) < 4.78 is 48.5. The fourth-order valence-electron chi connectivity index (χ4n) is 4.16. The van der Waals surface area contributed by atoms with Gasteiger partial charge in [-0.25, -0.2) is 0 Å². The fourth-order valence-corrected chi connectivity index (χ4v) is 6.31. The summed E-state index contributed by atoms with van der Waals surface area (Å²) >= 11 is 0. The van der Waals surface area contributed by atoms with Crippen molar-refractivity contribution >= 4 is 44.5 Å². The molecule has 0 aliphatic carbocycles. The zero-order chi connectivity index (χ0) is 26.9. The molecule has 4 rings (SSSR count). The normalized spacial score (nSPS) is 18.5. The van der Waals surface area contributed by atoms with E-state index in [2.05, 4.69) is 5.32 Å². The molecule has 2 unspecified atom stereocenters. The number of benzene rings is 2. The summed E-state index contributed by atoms with van der Waals surface area (Å²) in [6.07, 6.45) is -0.00815. The van der Waals surface area contributed by atoms with Gasteiger partial charge in [-0.2, -0.15) is 8.42 Å². The molecule has 0 radical (unpaired) electrons. The Hall–Kier alpha value is -3.42. The van der Waals surface area contributed by atoms with Gasteiger partial charge in [0.25, 0.3) is 11.8 Å². The lowest BCUT2D eigenvalue weighted by molar-refractivity contribution is -0.136. The third kappa shape index (κ3) is 5.20. The number of nitrogens with zero attached hydrogens (tertiary/aromatic N) is 1. The molecule has 37 heavy (non-hydrogen) atoms. The van der Waals surface area contributed by atoms with Gasteiger partial charge in [-0.15, -0.1) is 0 Å². The topological polar surface area (TPSA) is 153 Å². The van der Waals surface area contributed by atoms with Crippen LogP contribution in [-0.2, 0) is 34.7 Å². The molecule has 2 aliphatic heterocycles. The Labute approximate surface area is 215 Å². The lowest BCUT2D eigenvalue weighted by Crippen LogP contribution is -2.54. The average Bonchev–Trinajstić information content (AvgIpc) is 3.09. The first-order valence-electron chi connectivity index (χ1n) is 11.4. The number of carbonyl (C=O) groups is 4. The highest BCUT2D eigenvalue weighted by Gasteiger charge is 2.46. The number of fused-ring (bicyclic) bond motifs is 1. The molecule has 11 nitrogen and oxygen atoms in total. The molecule has 0 bridgehead atoms. The maximum absolute atomic E-state index is 13.2. The Morgan fingerprint density at radius 2 is 1.86 bits per heavy atom. The van der Waals surface area contributed by atoms with E-state index in [1.165, 1.54) is 30.3 Å². The van der Waals surface area contributed by atoms with Gasteiger partial charge >= 0.3 is 10.1 Å². The molecule has 0 aromatic heterocycles. The van der Waals surface area contributed by atoms with Crippen LogP contribution in [0, 0.1) is 6.92 Å². The Morgan fingerprint density at radius 1 is 1.11 bits per heavy atom. The maximum Gasteiger partial charge on any atom is 0.300 e. The Balaban J connectivity index is 1.52. The minimum absolute atomic E-state index is 0.00583. The summed E-state index contributed by atoms with van der Waals surface area (Å²) in [5, 5.41) is 2.13. The van der Waals surface area contributed by atoms with Gasteiger partial charge in [0.05, 0.1) is 39.2 Å². The van der Waals surface area contributed by atoms with Crippen LogP contribution in [0.3, 0.4) is 0 Å². The van der Waals surface area contributed by atoms with Crippen molar-refractivity contribution in [3.63, 3.8) is 0 Å². The number of rotatable bonds is 9. The predicted molar refractivity (Wildman–Crippen MR) is 130 cm³/mol. The fraction of sp³-hybridized carbons (Fsp3) is 0.333. The van der Waals surface area contributed by atoms with Gasteiger partial charge in [0.15, 0.2) is 0 Å². The first-order chi connectivity index (χ1) is 17.5. The Morgan fingerprint density at radius 3 is 2.57 bits per heavy atom. The van der Waals surface area contributed by atoms with Crippen LogP contribution in [0.4, 0.5) is 0 Å². The lowest BCUT2D eigenvalue weighted by atomic mass is 10.0. The van der Waals surface area contributed by atoms with Crippen LogP contribution in [0.2, 0.25) is 0 Å². The van der Waals surface area contributed by atoms with Crippen molar-refractivity contribution in [2.75, 3.05) is 19.0 Å². The molecule has 1 N–H and O–H groups in total. The highest BCUT2D eigenvalue weighted by Crippen LogP contribution is 2.32. The maximum atomic E-state index is 13.2. The number of nitrogens with one attached hydrogen (secondary N) is 1. The quantitative estimate of drug-likeness (QED) is 0.361. The van der Waals surface area contributed by atoms with Crippen molar-refractivity contribution in [2.45, 2.75) is 42.5 Å². The monoisotopic (exact) mass is 548 g/mol. The number of amides is 4. The lowest BCUT2D eigenvalue weighted by Gasteiger charge is -2.27. The Bertz CT molecular complexity index is 1440. The number of hydrogen-bond donors (Lipinski definition) is 1. The number of hydrogen-bond acceptors (Lipinski definition) is 9. The predicted octanol–water partition coefficient (Wildman–Crippen LogP) is 1.31. The van der Waals surface area contributed by atoms with Crippen LogP contribution < -0.4 is 10.1 Å². The standard InChI is InChI=1S/C24H24N2O9S2/c1-3-35-37(32,33)19-9-7-14(2)13-17(19)34-11-12-36(31)18-6-4-5-15-21(18)24(30)26(23(15)29)16-8-10-20(27)25-22(16)28/h4-7,9,13,16H,3,8,10-12H2,1-2H3,(H,25,27,28). The minimum Gasteiger partial charge on any atom is -0.491 e. The van der Waals surface area contributed by atoms with E-state index in [1.54, 1.807) is 19.9 Å². The summed E-state index contributed by atoms with van der Waals surface area (Å²) in [6.45, 7) is 3.09. The van der Waals surface area contributed by atoms with Crippen molar-refractivity contribution < 1.29 is 40.7 Å². The first-order valence-corrected chi connectivity index (χ1v) is 14.1. The van der Waals surface area contributed by atoms with Crippen LogP contribution in [0.25, 0.3) is 0 Å². The highest BCUT2D eigenvalue weighted by molar-refractivity contribution is 7.87. The third-order valence-corrected chi connectivity index (χ3v) is 8.63. The van der Waals surface area contributed by atoms with Crippen LogP contribution in [0.1, 0.15) is 46.0 Å². The second kappa shape index (κ2) is 10.5. The summed E-state index contributed by atoms with van der Waals surface area (Å²) in [5.74, 6) is -2.75. The number of piperidine rings is 1. The smallest absolute Gasteiger partial charge is 0.300 e. The van der Waals surface area contributed by atoms with E-state index in [-0.39, 0.29) is 58.5 Å². The first kappa shape index (κ1) is 26.6. The molecule has 2 aromatic rings. The van der Waals surface area contributed by atoms with Gasteiger partial charge in [0, 0.05) is 6.42 Å². The number of aryl methyl sites for hydroxylation is 1. The van der Waals surface area contributed by atoms with Crippen LogP contribution in [0.5, 0.6) is 5.75 Å². The molecule has 1 saturated heterocycles. The molecule has 13 heteroatoms. The van der Waals surface area contributed by atoms with E-state index in [0.717, 1.165) is 10.5 Å². The van der Waals surface area contributed by atoms with Crippen molar-refractivity contribution in [1.29, 1.82) is 0 Å².